The summed E-state index contributed by atoms with van der Waals surface area (Å²) in [7, 11) is 0. The van der Waals surface area contributed by atoms with Gasteiger partial charge in [0.2, 0.25) is 5.91 Å². The van der Waals surface area contributed by atoms with Crippen LogP contribution in [0, 0.1) is 6.92 Å². The fourth-order valence-corrected chi connectivity index (χ4v) is 5.08. The minimum Gasteiger partial charge on any atom is -0.508 e. The number of fused-ring (bicyclic) bond motifs is 1. The van der Waals surface area contributed by atoms with Crippen molar-refractivity contribution in [1.82, 2.24) is 19.7 Å². The number of phenolic OH excluding ortho intramolecular Hbond substituents is 1. The van der Waals surface area contributed by atoms with Crippen molar-refractivity contribution in [1.29, 1.82) is 0 Å². The standard InChI is InChI=1S/C30H33N5O2.CH4/c1-20(2)28-14-13-24(16-31-28)35(30(37)27-11-5-10-26-25(27)9-6-12-29(26)36)18-22-15-32-34(17-22)19-23-8-4-7-21(3)33-23;/h4,6-9,12-17,20,27,36H,5,10-11,18-19H2,1-3H3;1H4. The number of benzene rings is 1. The number of phenols is 1. The molecule has 7 nitrogen and oxygen atoms in total. The number of hydrogen-bond acceptors (Lipinski definition) is 5. The van der Waals surface area contributed by atoms with E-state index in [4.69, 9.17) is 0 Å². The number of pyridine rings is 2. The molecule has 7 heteroatoms. The largest absolute Gasteiger partial charge is 0.508 e. The second-order valence-corrected chi connectivity index (χ2v) is 10.1. The normalized spacial score (nSPS) is 14.6. The van der Waals surface area contributed by atoms with Crippen molar-refractivity contribution < 1.29 is 9.90 Å². The van der Waals surface area contributed by atoms with Crippen LogP contribution in [-0.4, -0.2) is 30.8 Å². The van der Waals surface area contributed by atoms with Gasteiger partial charge in [-0.05, 0) is 73.6 Å². The summed E-state index contributed by atoms with van der Waals surface area (Å²) in [5, 5.41) is 15.0. The zero-order valence-corrected chi connectivity index (χ0v) is 21.6. The molecule has 1 aliphatic rings. The van der Waals surface area contributed by atoms with Gasteiger partial charge in [-0.3, -0.25) is 19.4 Å². The molecular formula is C31H37N5O2. The van der Waals surface area contributed by atoms with Crippen molar-refractivity contribution in [3.8, 4) is 5.75 Å². The van der Waals surface area contributed by atoms with Crippen LogP contribution in [0.2, 0.25) is 0 Å². The number of aromatic nitrogens is 4. The van der Waals surface area contributed by atoms with Gasteiger partial charge in [0, 0.05) is 23.1 Å². The van der Waals surface area contributed by atoms with Crippen LogP contribution in [0.25, 0.3) is 0 Å². The monoisotopic (exact) mass is 511 g/mol. The van der Waals surface area contributed by atoms with Crippen molar-refractivity contribution in [3.05, 3.63) is 101 Å². The Morgan fingerprint density at radius 1 is 1.13 bits per heavy atom. The Bertz CT molecular complexity index is 1390. The highest BCUT2D eigenvalue weighted by molar-refractivity contribution is 5.98. The van der Waals surface area contributed by atoms with Crippen LogP contribution in [0.15, 0.2) is 67.1 Å². The van der Waals surface area contributed by atoms with Gasteiger partial charge in [-0.15, -0.1) is 0 Å². The first kappa shape index (κ1) is 27.0. The van der Waals surface area contributed by atoms with Crippen molar-refractivity contribution in [2.75, 3.05) is 4.90 Å². The number of amides is 1. The summed E-state index contributed by atoms with van der Waals surface area (Å²) in [6.07, 6.45) is 7.98. The summed E-state index contributed by atoms with van der Waals surface area (Å²) in [6.45, 7) is 7.13. The average Bonchev–Trinajstić information content (AvgIpc) is 3.33. The molecule has 5 rings (SSSR count). The van der Waals surface area contributed by atoms with E-state index in [1.165, 1.54) is 0 Å². The second kappa shape index (κ2) is 11.6. The first-order chi connectivity index (χ1) is 17.9. The Labute approximate surface area is 225 Å². The molecule has 1 aliphatic carbocycles. The zero-order chi connectivity index (χ0) is 25.9. The molecule has 3 heterocycles. The highest BCUT2D eigenvalue weighted by atomic mass is 16.3. The third-order valence-corrected chi connectivity index (χ3v) is 7.02. The van der Waals surface area contributed by atoms with E-state index >= 15 is 0 Å². The first-order valence-corrected chi connectivity index (χ1v) is 12.9. The molecule has 0 spiro atoms. The van der Waals surface area contributed by atoms with E-state index in [1.807, 2.05) is 71.4 Å². The maximum Gasteiger partial charge on any atom is 0.234 e. The van der Waals surface area contributed by atoms with E-state index in [9.17, 15) is 9.90 Å². The maximum absolute atomic E-state index is 14.1. The highest BCUT2D eigenvalue weighted by Gasteiger charge is 2.32. The van der Waals surface area contributed by atoms with Gasteiger partial charge in [-0.1, -0.05) is 39.5 Å². The van der Waals surface area contributed by atoms with E-state index in [2.05, 4.69) is 28.9 Å². The van der Waals surface area contributed by atoms with Gasteiger partial charge in [0.15, 0.2) is 0 Å². The molecule has 198 valence electrons. The van der Waals surface area contributed by atoms with Crippen LogP contribution in [0.4, 0.5) is 5.69 Å². The van der Waals surface area contributed by atoms with Gasteiger partial charge in [0.05, 0.1) is 42.8 Å². The number of nitrogens with zero attached hydrogens (tertiary/aromatic N) is 5. The zero-order valence-electron chi connectivity index (χ0n) is 21.6. The minimum atomic E-state index is -0.313. The van der Waals surface area contributed by atoms with Crippen LogP contribution in [-0.2, 0) is 24.3 Å². The summed E-state index contributed by atoms with van der Waals surface area (Å²) in [5.74, 6) is 0.279. The molecule has 0 saturated heterocycles. The number of hydrogen-bond donors (Lipinski definition) is 1. The fourth-order valence-electron chi connectivity index (χ4n) is 5.08. The summed E-state index contributed by atoms with van der Waals surface area (Å²) in [5.41, 5.74) is 6.40. The number of carbonyl (C=O) groups is 1. The van der Waals surface area contributed by atoms with Crippen molar-refractivity contribution in [3.63, 3.8) is 0 Å². The molecule has 0 bridgehead atoms. The lowest BCUT2D eigenvalue weighted by Gasteiger charge is -2.31. The summed E-state index contributed by atoms with van der Waals surface area (Å²) < 4.78 is 1.85. The van der Waals surface area contributed by atoms with Crippen molar-refractivity contribution in [2.45, 2.75) is 72.4 Å². The van der Waals surface area contributed by atoms with Gasteiger partial charge in [0.25, 0.3) is 0 Å². The summed E-state index contributed by atoms with van der Waals surface area (Å²) in [6, 6.07) is 15.4. The SMILES string of the molecule is C.Cc1cccc(Cn2cc(CN(C(=O)C3CCCc4c(O)cccc43)c3ccc(C(C)C)nc3)cn2)n1. The third-order valence-electron chi connectivity index (χ3n) is 7.02. The van der Waals surface area contributed by atoms with Crippen LogP contribution in [0.1, 0.15) is 79.7 Å². The van der Waals surface area contributed by atoms with Gasteiger partial charge in [-0.25, -0.2) is 0 Å². The summed E-state index contributed by atoms with van der Waals surface area (Å²) in [4.78, 5) is 25.1. The molecule has 0 aliphatic heterocycles. The number of anilines is 1. The molecule has 4 aromatic rings. The fraction of sp³-hybridized carbons (Fsp3) is 0.355. The van der Waals surface area contributed by atoms with Crippen LogP contribution in [0.3, 0.4) is 0 Å². The maximum atomic E-state index is 14.1. The highest BCUT2D eigenvalue weighted by Crippen LogP contribution is 2.38. The van der Waals surface area contributed by atoms with E-state index in [-0.39, 0.29) is 25.0 Å². The number of aromatic hydroxyl groups is 1. The van der Waals surface area contributed by atoms with Gasteiger partial charge in [-0.2, -0.15) is 5.10 Å². The molecule has 38 heavy (non-hydrogen) atoms. The lowest BCUT2D eigenvalue weighted by molar-refractivity contribution is -0.120. The van der Waals surface area contributed by atoms with Gasteiger partial charge >= 0.3 is 0 Å². The Morgan fingerprint density at radius 3 is 2.68 bits per heavy atom. The van der Waals surface area contributed by atoms with E-state index in [1.54, 1.807) is 12.3 Å². The number of carbonyl (C=O) groups excluding carboxylic acids is 1. The minimum absolute atomic E-state index is 0. The molecule has 1 aromatic carbocycles. The molecular weight excluding hydrogens is 474 g/mol. The molecule has 0 fully saturated rings. The summed E-state index contributed by atoms with van der Waals surface area (Å²) >= 11 is 0. The van der Waals surface area contributed by atoms with Gasteiger partial charge in [0.1, 0.15) is 5.75 Å². The lowest BCUT2D eigenvalue weighted by Crippen LogP contribution is -2.36. The van der Waals surface area contributed by atoms with Crippen LogP contribution < -0.4 is 4.90 Å². The Balaban J connectivity index is 0.00000336. The van der Waals surface area contributed by atoms with E-state index in [0.717, 1.165) is 58.7 Å². The molecule has 3 aromatic heterocycles. The predicted molar refractivity (Wildman–Crippen MR) is 150 cm³/mol. The Kier molecular flexibility index (Phi) is 8.25. The molecule has 0 saturated carbocycles. The molecule has 0 radical (unpaired) electrons. The van der Waals surface area contributed by atoms with E-state index in [0.29, 0.717) is 19.0 Å². The van der Waals surface area contributed by atoms with Crippen LogP contribution >= 0.6 is 0 Å². The van der Waals surface area contributed by atoms with Crippen molar-refractivity contribution in [2.24, 2.45) is 0 Å². The molecule has 1 atom stereocenters. The van der Waals surface area contributed by atoms with Gasteiger partial charge < -0.3 is 10.0 Å². The predicted octanol–water partition coefficient (Wildman–Crippen LogP) is 6.15. The quantitative estimate of drug-likeness (QED) is 0.322. The molecule has 1 unspecified atom stereocenters. The van der Waals surface area contributed by atoms with E-state index < -0.39 is 0 Å². The average molecular weight is 512 g/mol. The Hall–Kier alpha value is -4.00. The molecule has 1 amide bonds. The van der Waals surface area contributed by atoms with Crippen LogP contribution in [0.5, 0.6) is 5.75 Å². The molecule has 1 N–H and O–H groups in total. The first-order valence-electron chi connectivity index (χ1n) is 12.9. The number of aryl methyl sites for hydroxylation is 1. The third kappa shape index (κ3) is 5.77. The smallest absolute Gasteiger partial charge is 0.234 e. The Morgan fingerprint density at radius 2 is 1.95 bits per heavy atom. The second-order valence-electron chi connectivity index (χ2n) is 10.1. The lowest BCUT2D eigenvalue weighted by atomic mass is 9.81. The number of rotatable bonds is 7. The topological polar surface area (TPSA) is 84.1 Å². The van der Waals surface area contributed by atoms with Crippen molar-refractivity contribution >= 4 is 11.6 Å².